The van der Waals surface area contributed by atoms with Crippen LogP contribution in [-0.4, -0.2) is 17.7 Å². The molecule has 4 nitrogen and oxygen atoms in total. The third-order valence-corrected chi connectivity index (χ3v) is 3.16. The number of aliphatic hydroxyl groups excluding tert-OH is 1. The van der Waals surface area contributed by atoms with Crippen molar-refractivity contribution in [3.63, 3.8) is 0 Å². The molecular weight excluding hydrogens is 288 g/mol. The van der Waals surface area contributed by atoms with Gasteiger partial charge in [0.15, 0.2) is 6.10 Å². The van der Waals surface area contributed by atoms with Crippen LogP contribution in [0.3, 0.4) is 0 Å². The Bertz CT molecular complexity index is 464. The number of hydrogen-bond acceptors (Lipinski definition) is 4. The molecule has 1 unspecified atom stereocenters. The lowest BCUT2D eigenvalue weighted by Crippen LogP contribution is -2.02. The molecule has 0 amide bonds. The number of cyclic esters (lactones) is 1. The van der Waals surface area contributed by atoms with Crippen LogP contribution in [0.2, 0.25) is 0 Å². The first-order valence-electron chi connectivity index (χ1n) is 5.16. The second-order valence-corrected chi connectivity index (χ2v) is 4.34. The Hall–Kier alpha value is -1.49. The van der Waals surface area contributed by atoms with Crippen molar-refractivity contribution in [2.45, 2.75) is 13.0 Å². The number of carbonyl (C=O) groups is 1. The largest absolute Gasteiger partial charge is 0.501 e. The van der Waals surface area contributed by atoms with Crippen molar-refractivity contribution in [1.82, 2.24) is 0 Å². The van der Waals surface area contributed by atoms with Crippen LogP contribution in [0.1, 0.15) is 18.6 Å². The van der Waals surface area contributed by atoms with Gasteiger partial charge in [-0.2, -0.15) is 0 Å². The van der Waals surface area contributed by atoms with Crippen molar-refractivity contribution in [2.75, 3.05) is 6.61 Å². The summed E-state index contributed by atoms with van der Waals surface area (Å²) >= 11 is 3.15. The smallest absolute Gasteiger partial charge is 0.375 e. The van der Waals surface area contributed by atoms with Crippen molar-refractivity contribution in [3.8, 4) is 5.75 Å². The van der Waals surface area contributed by atoms with Gasteiger partial charge in [0.25, 0.3) is 0 Å². The van der Waals surface area contributed by atoms with Crippen LogP contribution in [0.25, 0.3) is 0 Å². The maximum Gasteiger partial charge on any atom is 0.375 e. The van der Waals surface area contributed by atoms with E-state index in [0.29, 0.717) is 11.1 Å². The van der Waals surface area contributed by atoms with E-state index < -0.39 is 12.1 Å². The Morgan fingerprint density at radius 3 is 2.53 bits per heavy atom. The fraction of sp³-hybridized carbons (Fsp3) is 0.250. The molecular formula is C12H11BrO4. The summed E-state index contributed by atoms with van der Waals surface area (Å²) in [5.74, 6) is -0.329. The average Bonchev–Trinajstić information content (AvgIpc) is 2.59. The number of hydrogen-bond donors (Lipinski definition) is 1. The molecule has 1 N–H and O–H groups in total. The summed E-state index contributed by atoms with van der Waals surface area (Å²) in [6, 6.07) is 7.18. The molecule has 0 saturated heterocycles. The van der Waals surface area contributed by atoms with Gasteiger partial charge < -0.3 is 14.6 Å². The molecule has 5 heteroatoms. The van der Waals surface area contributed by atoms with Crippen molar-refractivity contribution >= 4 is 21.9 Å². The number of benzene rings is 1. The van der Waals surface area contributed by atoms with E-state index in [-0.39, 0.29) is 5.76 Å². The summed E-state index contributed by atoms with van der Waals surface area (Å²) in [6.45, 7) is 2.51. The topological polar surface area (TPSA) is 55.8 Å². The quantitative estimate of drug-likeness (QED) is 0.872. The number of halogens is 1. The lowest BCUT2D eigenvalue weighted by atomic mass is 10.1. The molecule has 0 spiro atoms. The summed E-state index contributed by atoms with van der Waals surface area (Å²) in [6.07, 6.45) is -0.571. The highest BCUT2D eigenvalue weighted by atomic mass is 79.9. The highest BCUT2D eigenvalue weighted by Crippen LogP contribution is 2.38. The fourth-order valence-corrected chi connectivity index (χ4v) is 2.08. The molecule has 1 aliphatic heterocycles. The van der Waals surface area contributed by atoms with Gasteiger partial charge in [-0.05, 0) is 40.5 Å². The Balaban J connectivity index is 2.22. The molecule has 0 radical (unpaired) electrons. The number of carbonyl (C=O) groups excluding carboxylic acids is 1. The van der Waals surface area contributed by atoms with Gasteiger partial charge in [-0.1, -0.05) is 12.1 Å². The molecule has 1 aliphatic rings. The summed E-state index contributed by atoms with van der Waals surface area (Å²) in [5, 5.41) is 9.37. The Labute approximate surface area is 107 Å². The second kappa shape index (κ2) is 4.79. The number of rotatable bonds is 3. The van der Waals surface area contributed by atoms with Crippen LogP contribution in [0.15, 0.2) is 34.5 Å². The Morgan fingerprint density at radius 2 is 2.06 bits per heavy atom. The summed E-state index contributed by atoms with van der Waals surface area (Å²) in [5.41, 5.74) is 0.776. The highest BCUT2D eigenvalue weighted by molar-refractivity contribution is 9.11. The standard InChI is InChI=1S/C12H11BrO4/c1-2-16-8-5-3-7(4-6-8)11-9(13)10(14)12(15)17-11/h3-6,11,14H,2H2,1H3. The first-order valence-corrected chi connectivity index (χ1v) is 5.95. The first-order chi connectivity index (χ1) is 8.13. The van der Waals surface area contributed by atoms with E-state index >= 15 is 0 Å². The second-order valence-electron chi connectivity index (χ2n) is 3.48. The molecule has 0 saturated carbocycles. The number of esters is 1. The monoisotopic (exact) mass is 298 g/mol. The Kier molecular flexibility index (Phi) is 3.38. The molecule has 2 rings (SSSR count). The first kappa shape index (κ1) is 12.0. The van der Waals surface area contributed by atoms with Crippen molar-refractivity contribution in [1.29, 1.82) is 0 Å². The van der Waals surface area contributed by atoms with Crippen LogP contribution in [0.5, 0.6) is 5.75 Å². The van der Waals surface area contributed by atoms with E-state index in [0.717, 1.165) is 11.3 Å². The van der Waals surface area contributed by atoms with Crippen LogP contribution >= 0.6 is 15.9 Å². The fourth-order valence-electron chi connectivity index (χ4n) is 1.56. The molecule has 0 aromatic heterocycles. The highest BCUT2D eigenvalue weighted by Gasteiger charge is 2.33. The van der Waals surface area contributed by atoms with E-state index in [1.54, 1.807) is 24.3 Å². The third-order valence-electron chi connectivity index (χ3n) is 2.37. The van der Waals surface area contributed by atoms with Crippen molar-refractivity contribution < 1.29 is 19.4 Å². The lowest BCUT2D eigenvalue weighted by molar-refractivity contribution is -0.142. The third kappa shape index (κ3) is 2.29. The van der Waals surface area contributed by atoms with Gasteiger partial charge in [0.2, 0.25) is 5.76 Å². The minimum atomic E-state index is -0.712. The van der Waals surface area contributed by atoms with Gasteiger partial charge in [0.1, 0.15) is 5.75 Å². The zero-order chi connectivity index (χ0) is 12.4. The minimum Gasteiger partial charge on any atom is -0.501 e. The van der Waals surface area contributed by atoms with Crippen molar-refractivity contribution in [3.05, 3.63) is 40.1 Å². The normalized spacial score (nSPS) is 19.4. The van der Waals surface area contributed by atoms with Gasteiger partial charge in [-0.15, -0.1) is 0 Å². The van der Waals surface area contributed by atoms with Crippen molar-refractivity contribution in [2.24, 2.45) is 0 Å². The number of aliphatic hydroxyl groups is 1. The van der Waals surface area contributed by atoms with Crippen LogP contribution in [0, 0.1) is 0 Å². The van der Waals surface area contributed by atoms with E-state index in [2.05, 4.69) is 15.9 Å². The van der Waals surface area contributed by atoms with Crippen LogP contribution in [0.4, 0.5) is 0 Å². The molecule has 0 fully saturated rings. The zero-order valence-corrected chi connectivity index (χ0v) is 10.7. The lowest BCUT2D eigenvalue weighted by Gasteiger charge is -2.11. The Morgan fingerprint density at radius 1 is 1.41 bits per heavy atom. The van der Waals surface area contributed by atoms with E-state index in [9.17, 15) is 9.90 Å². The average molecular weight is 299 g/mol. The SMILES string of the molecule is CCOc1ccc(C2OC(=O)C(O)=C2Br)cc1. The summed E-state index contributed by atoms with van der Waals surface area (Å²) < 4.78 is 10.7. The van der Waals surface area contributed by atoms with Crippen LogP contribution in [-0.2, 0) is 9.53 Å². The molecule has 90 valence electrons. The molecule has 17 heavy (non-hydrogen) atoms. The molecule has 1 aromatic rings. The predicted molar refractivity (Wildman–Crippen MR) is 65.0 cm³/mol. The molecule has 1 atom stereocenters. The maximum atomic E-state index is 11.2. The zero-order valence-electron chi connectivity index (χ0n) is 9.14. The molecule has 1 aromatic carbocycles. The molecule has 1 heterocycles. The minimum absolute atomic E-state index is 0.353. The van der Waals surface area contributed by atoms with Gasteiger partial charge >= 0.3 is 5.97 Å². The van der Waals surface area contributed by atoms with Crippen LogP contribution < -0.4 is 4.74 Å². The van der Waals surface area contributed by atoms with Gasteiger partial charge in [0, 0.05) is 0 Å². The van der Waals surface area contributed by atoms with Gasteiger partial charge in [-0.25, -0.2) is 4.79 Å². The molecule has 0 bridgehead atoms. The van der Waals surface area contributed by atoms with E-state index in [1.807, 2.05) is 6.92 Å². The molecule has 0 aliphatic carbocycles. The van der Waals surface area contributed by atoms with Gasteiger partial charge in [0.05, 0.1) is 11.1 Å². The summed E-state index contributed by atoms with van der Waals surface area (Å²) in [4.78, 5) is 11.2. The summed E-state index contributed by atoms with van der Waals surface area (Å²) in [7, 11) is 0. The predicted octanol–water partition coefficient (Wildman–Crippen LogP) is 2.85. The maximum absolute atomic E-state index is 11.2. The number of ether oxygens (including phenoxy) is 2. The van der Waals surface area contributed by atoms with Gasteiger partial charge in [-0.3, -0.25) is 0 Å². The van der Waals surface area contributed by atoms with E-state index in [4.69, 9.17) is 9.47 Å². The van der Waals surface area contributed by atoms with E-state index in [1.165, 1.54) is 0 Å².